The van der Waals surface area contributed by atoms with Gasteiger partial charge in [0, 0.05) is 12.2 Å². The summed E-state index contributed by atoms with van der Waals surface area (Å²) in [5, 5.41) is 3.48. The largest absolute Gasteiger partial charge is 0.385 e. The van der Waals surface area contributed by atoms with Crippen molar-refractivity contribution >= 4 is 5.69 Å². The maximum atomic E-state index is 3.48. The maximum absolute atomic E-state index is 3.48. The minimum Gasteiger partial charge on any atom is -0.385 e. The summed E-state index contributed by atoms with van der Waals surface area (Å²) in [6.45, 7) is 7.98. The zero-order chi connectivity index (χ0) is 14.9. The van der Waals surface area contributed by atoms with E-state index in [9.17, 15) is 0 Å². The molecular formula is C20H25N. The molecule has 1 N–H and O–H groups in total. The van der Waals surface area contributed by atoms with Crippen LogP contribution in [0.4, 0.5) is 5.69 Å². The second kappa shape index (κ2) is 5.55. The van der Waals surface area contributed by atoms with Gasteiger partial charge in [-0.2, -0.15) is 0 Å². The molecule has 0 fully saturated rings. The number of hydrogen-bond donors (Lipinski definition) is 1. The number of aryl methyl sites for hydroxylation is 1. The molecular weight excluding hydrogens is 254 g/mol. The van der Waals surface area contributed by atoms with Gasteiger partial charge in [-0.15, -0.1) is 0 Å². The van der Waals surface area contributed by atoms with E-state index in [0.29, 0.717) is 0 Å². The Morgan fingerprint density at radius 1 is 1.00 bits per heavy atom. The lowest BCUT2D eigenvalue weighted by molar-refractivity contribution is 0.506. The summed E-state index contributed by atoms with van der Waals surface area (Å²) >= 11 is 0. The minimum absolute atomic E-state index is 0.262. The molecule has 0 aromatic heterocycles. The molecule has 0 atom stereocenters. The highest BCUT2D eigenvalue weighted by Gasteiger charge is 2.17. The summed E-state index contributed by atoms with van der Waals surface area (Å²) < 4.78 is 0. The number of rotatable bonds is 3. The average Bonchev–Trinajstić information content (AvgIpc) is 2.54. The van der Waals surface area contributed by atoms with Crippen molar-refractivity contribution in [3.63, 3.8) is 0 Å². The van der Waals surface area contributed by atoms with Crippen molar-refractivity contribution in [2.75, 3.05) is 11.9 Å². The SMILES string of the molecule is CCC(C)(C)c1ccc(-c2ccc3c(c2)CCCN3)cc1. The van der Waals surface area contributed by atoms with Crippen LogP contribution in [0.25, 0.3) is 11.1 Å². The molecule has 3 rings (SSSR count). The predicted octanol–water partition coefficient (Wildman–Crippen LogP) is 5.40. The molecule has 0 saturated carbocycles. The van der Waals surface area contributed by atoms with Crippen LogP contribution in [0.5, 0.6) is 0 Å². The molecule has 1 heteroatoms. The molecule has 0 radical (unpaired) electrons. The summed E-state index contributed by atoms with van der Waals surface area (Å²) in [7, 11) is 0. The van der Waals surface area contributed by atoms with E-state index in [0.717, 1.165) is 13.0 Å². The van der Waals surface area contributed by atoms with Crippen LogP contribution in [0.3, 0.4) is 0 Å². The lowest BCUT2D eigenvalue weighted by Gasteiger charge is -2.23. The van der Waals surface area contributed by atoms with E-state index in [2.05, 4.69) is 68.6 Å². The molecule has 1 aliphatic rings. The quantitative estimate of drug-likeness (QED) is 0.793. The summed E-state index contributed by atoms with van der Waals surface area (Å²) in [5.41, 5.74) is 7.11. The van der Waals surface area contributed by atoms with Gasteiger partial charge in [-0.25, -0.2) is 0 Å². The van der Waals surface area contributed by atoms with E-state index in [1.807, 2.05) is 0 Å². The first-order valence-corrected chi connectivity index (χ1v) is 8.08. The van der Waals surface area contributed by atoms with E-state index in [-0.39, 0.29) is 5.41 Å². The topological polar surface area (TPSA) is 12.0 Å². The second-order valence-corrected chi connectivity index (χ2v) is 6.72. The molecule has 1 heterocycles. The van der Waals surface area contributed by atoms with Crippen LogP contribution in [0.1, 0.15) is 44.7 Å². The Labute approximate surface area is 128 Å². The Morgan fingerprint density at radius 2 is 1.71 bits per heavy atom. The van der Waals surface area contributed by atoms with Crippen LogP contribution in [-0.2, 0) is 11.8 Å². The van der Waals surface area contributed by atoms with Gasteiger partial charge in [0.15, 0.2) is 0 Å². The van der Waals surface area contributed by atoms with E-state index in [1.165, 1.54) is 40.8 Å². The summed E-state index contributed by atoms with van der Waals surface area (Å²) in [6.07, 6.45) is 3.59. The van der Waals surface area contributed by atoms with Gasteiger partial charge in [0.05, 0.1) is 0 Å². The smallest absolute Gasteiger partial charge is 0.0373 e. The van der Waals surface area contributed by atoms with Crippen molar-refractivity contribution < 1.29 is 0 Å². The number of nitrogens with one attached hydrogen (secondary N) is 1. The molecule has 0 spiro atoms. The van der Waals surface area contributed by atoms with Crippen LogP contribution in [-0.4, -0.2) is 6.54 Å². The van der Waals surface area contributed by atoms with Crippen LogP contribution in [0.15, 0.2) is 42.5 Å². The summed E-state index contributed by atoms with van der Waals surface area (Å²) in [5.74, 6) is 0. The normalized spacial score (nSPS) is 14.4. The lowest BCUT2D eigenvalue weighted by atomic mass is 9.82. The van der Waals surface area contributed by atoms with Gasteiger partial charge in [-0.1, -0.05) is 51.1 Å². The highest BCUT2D eigenvalue weighted by atomic mass is 14.9. The molecule has 0 aliphatic carbocycles. The minimum atomic E-state index is 0.262. The van der Waals surface area contributed by atoms with Gasteiger partial charge in [0.25, 0.3) is 0 Å². The molecule has 0 amide bonds. The molecule has 2 aromatic carbocycles. The van der Waals surface area contributed by atoms with Gasteiger partial charge in [-0.3, -0.25) is 0 Å². The van der Waals surface area contributed by atoms with Crippen molar-refractivity contribution in [2.45, 2.75) is 45.4 Å². The highest BCUT2D eigenvalue weighted by molar-refractivity contribution is 5.69. The average molecular weight is 279 g/mol. The Hall–Kier alpha value is -1.76. The van der Waals surface area contributed by atoms with Crippen LogP contribution in [0.2, 0.25) is 0 Å². The van der Waals surface area contributed by atoms with Crippen LogP contribution < -0.4 is 5.32 Å². The molecule has 1 nitrogen and oxygen atoms in total. The molecule has 0 unspecified atom stereocenters. The number of hydrogen-bond acceptors (Lipinski definition) is 1. The first-order valence-electron chi connectivity index (χ1n) is 8.08. The highest BCUT2D eigenvalue weighted by Crippen LogP contribution is 2.31. The Morgan fingerprint density at radius 3 is 2.43 bits per heavy atom. The fraction of sp³-hybridized carbons (Fsp3) is 0.400. The molecule has 0 bridgehead atoms. The Balaban J connectivity index is 1.91. The van der Waals surface area contributed by atoms with Gasteiger partial charge >= 0.3 is 0 Å². The number of benzene rings is 2. The Bertz CT molecular complexity index is 623. The standard InChI is InChI=1S/C20H25N/c1-4-20(2,3)18-10-7-15(8-11-18)16-9-12-19-17(14-16)6-5-13-21-19/h7-12,14,21H,4-6,13H2,1-3H3. The third-order valence-electron chi connectivity index (χ3n) is 4.93. The first-order chi connectivity index (χ1) is 10.1. The van der Waals surface area contributed by atoms with E-state index in [4.69, 9.17) is 0 Å². The zero-order valence-electron chi connectivity index (χ0n) is 13.4. The fourth-order valence-electron chi connectivity index (χ4n) is 2.97. The fourth-order valence-corrected chi connectivity index (χ4v) is 2.97. The molecule has 2 aromatic rings. The third kappa shape index (κ3) is 2.83. The van der Waals surface area contributed by atoms with Crippen LogP contribution in [0, 0.1) is 0 Å². The second-order valence-electron chi connectivity index (χ2n) is 6.72. The summed E-state index contributed by atoms with van der Waals surface area (Å²) in [6, 6.07) is 15.9. The van der Waals surface area contributed by atoms with Crippen LogP contribution >= 0.6 is 0 Å². The van der Waals surface area contributed by atoms with E-state index >= 15 is 0 Å². The van der Waals surface area contributed by atoms with Crippen molar-refractivity contribution in [3.8, 4) is 11.1 Å². The number of anilines is 1. The van der Waals surface area contributed by atoms with Crippen molar-refractivity contribution in [1.29, 1.82) is 0 Å². The van der Waals surface area contributed by atoms with E-state index in [1.54, 1.807) is 0 Å². The first kappa shape index (κ1) is 14.2. The lowest BCUT2D eigenvalue weighted by Crippen LogP contribution is -2.15. The summed E-state index contributed by atoms with van der Waals surface area (Å²) in [4.78, 5) is 0. The van der Waals surface area contributed by atoms with Crippen molar-refractivity contribution in [3.05, 3.63) is 53.6 Å². The zero-order valence-corrected chi connectivity index (χ0v) is 13.4. The monoisotopic (exact) mass is 279 g/mol. The van der Waals surface area contributed by atoms with Gasteiger partial charge in [0.2, 0.25) is 0 Å². The van der Waals surface area contributed by atoms with Gasteiger partial charge in [0.1, 0.15) is 0 Å². The number of fused-ring (bicyclic) bond motifs is 1. The molecule has 0 saturated heterocycles. The van der Waals surface area contributed by atoms with Gasteiger partial charge < -0.3 is 5.32 Å². The molecule has 1 aliphatic heterocycles. The van der Waals surface area contributed by atoms with Gasteiger partial charge in [-0.05, 0) is 59.1 Å². The van der Waals surface area contributed by atoms with Crippen molar-refractivity contribution in [2.24, 2.45) is 0 Å². The third-order valence-corrected chi connectivity index (χ3v) is 4.93. The molecule has 110 valence electrons. The molecule has 21 heavy (non-hydrogen) atoms. The van der Waals surface area contributed by atoms with Crippen molar-refractivity contribution in [1.82, 2.24) is 0 Å². The predicted molar refractivity (Wildman–Crippen MR) is 92.0 cm³/mol. The Kier molecular flexibility index (Phi) is 3.75. The maximum Gasteiger partial charge on any atom is 0.0373 e. The van der Waals surface area contributed by atoms with E-state index < -0.39 is 0 Å².